The highest BCUT2D eigenvalue weighted by Gasteiger charge is 2.22. The first-order valence-corrected chi connectivity index (χ1v) is 7.63. The lowest BCUT2D eigenvalue weighted by Crippen LogP contribution is -2.37. The van der Waals surface area contributed by atoms with E-state index in [0.717, 1.165) is 11.3 Å². The number of imide groups is 1. The Morgan fingerprint density at radius 3 is 2.57 bits per heavy atom. The van der Waals surface area contributed by atoms with E-state index < -0.39 is 24.5 Å². The molecule has 10 heteroatoms. The highest BCUT2D eigenvalue weighted by atomic mass is 35.5. The summed E-state index contributed by atoms with van der Waals surface area (Å²) in [7, 11) is 1.47. The number of methoxy groups -OCH3 is 1. The highest BCUT2D eigenvalue weighted by molar-refractivity contribution is 7.22. The van der Waals surface area contributed by atoms with Crippen molar-refractivity contribution in [1.82, 2.24) is 5.32 Å². The van der Waals surface area contributed by atoms with E-state index >= 15 is 0 Å². The molecule has 1 heterocycles. The smallest absolute Gasteiger partial charge is 0.350 e. The van der Waals surface area contributed by atoms with Crippen molar-refractivity contribution in [2.75, 3.05) is 13.7 Å². The summed E-state index contributed by atoms with van der Waals surface area (Å²) in [6.45, 7) is -0.663. The molecule has 1 aromatic heterocycles. The Kier molecular flexibility index (Phi) is 5.30. The van der Waals surface area contributed by atoms with Gasteiger partial charge in [-0.25, -0.2) is 9.59 Å². The second kappa shape index (κ2) is 7.03. The summed E-state index contributed by atoms with van der Waals surface area (Å²) in [4.78, 5) is 33.8. The number of carbonyl (C=O) groups is 3. The van der Waals surface area contributed by atoms with Crippen LogP contribution in [0.25, 0.3) is 10.1 Å². The molecule has 2 rings (SSSR count). The van der Waals surface area contributed by atoms with Crippen LogP contribution in [-0.2, 0) is 9.53 Å². The minimum absolute atomic E-state index is 0.0868. The number of hydrogen-bond acceptors (Lipinski definition) is 6. The fourth-order valence-electron chi connectivity index (χ4n) is 1.74. The third-order valence-corrected chi connectivity index (χ3v) is 4.90. The molecule has 0 unspecified atom stereocenters. The van der Waals surface area contributed by atoms with Crippen molar-refractivity contribution in [1.29, 1.82) is 0 Å². The molecule has 0 spiro atoms. The van der Waals surface area contributed by atoms with Gasteiger partial charge in [-0.05, 0) is 12.1 Å². The first kappa shape index (κ1) is 17.3. The van der Waals surface area contributed by atoms with Gasteiger partial charge in [0.15, 0.2) is 6.61 Å². The Balaban J connectivity index is 2.24. The largest absolute Gasteiger partial charge is 0.495 e. The number of carbonyl (C=O) groups excluding carboxylic acids is 3. The number of rotatable bonds is 4. The number of fused-ring (bicyclic) bond motifs is 1. The van der Waals surface area contributed by atoms with E-state index in [2.05, 4.69) is 0 Å². The normalized spacial score (nSPS) is 10.4. The third kappa shape index (κ3) is 3.66. The molecule has 0 aliphatic heterocycles. The minimum Gasteiger partial charge on any atom is -0.495 e. The molecule has 23 heavy (non-hydrogen) atoms. The van der Waals surface area contributed by atoms with Crippen LogP contribution in [0.15, 0.2) is 12.1 Å². The van der Waals surface area contributed by atoms with Crippen LogP contribution in [0.5, 0.6) is 5.75 Å². The quantitative estimate of drug-likeness (QED) is 0.797. The summed E-state index contributed by atoms with van der Waals surface area (Å²) in [5, 5.41) is 2.82. The van der Waals surface area contributed by atoms with Crippen LogP contribution in [-0.4, -0.2) is 31.6 Å². The summed E-state index contributed by atoms with van der Waals surface area (Å²) in [5.74, 6) is -1.22. The van der Waals surface area contributed by atoms with Crippen molar-refractivity contribution in [2.45, 2.75) is 0 Å². The molecule has 0 bridgehead atoms. The van der Waals surface area contributed by atoms with Gasteiger partial charge in [-0.1, -0.05) is 23.2 Å². The van der Waals surface area contributed by atoms with Crippen LogP contribution < -0.4 is 15.8 Å². The van der Waals surface area contributed by atoms with Crippen LogP contribution in [0.2, 0.25) is 10.0 Å². The average Bonchev–Trinajstić information content (AvgIpc) is 2.83. The van der Waals surface area contributed by atoms with Gasteiger partial charge in [-0.2, -0.15) is 0 Å². The summed E-state index contributed by atoms with van der Waals surface area (Å²) in [5.41, 5.74) is 4.77. The molecule has 1 aromatic carbocycles. The molecule has 122 valence electrons. The van der Waals surface area contributed by atoms with Crippen molar-refractivity contribution in [3.8, 4) is 5.75 Å². The Morgan fingerprint density at radius 2 is 1.96 bits per heavy atom. The Labute approximate surface area is 144 Å². The number of esters is 1. The van der Waals surface area contributed by atoms with E-state index in [9.17, 15) is 14.4 Å². The molecule has 0 aliphatic rings. The number of hydrogen-bond donors (Lipinski definition) is 2. The van der Waals surface area contributed by atoms with Crippen LogP contribution in [0.4, 0.5) is 4.79 Å². The third-order valence-electron chi connectivity index (χ3n) is 2.70. The first-order chi connectivity index (χ1) is 10.8. The van der Waals surface area contributed by atoms with Crippen molar-refractivity contribution >= 4 is 62.5 Å². The van der Waals surface area contributed by atoms with Gasteiger partial charge in [0.05, 0.1) is 16.8 Å². The van der Waals surface area contributed by atoms with Gasteiger partial charge in [-0.15, -0.1) is 11.3 Å². The minimum atomic E-state index is -1.04. The number of thiophene rings is 1. The van der Waals surface area contributed by atoms with Crippen LogP contribution in [0.1, 0.15) is 9.67 Å². The maximum atomic E-state index is 12.0. The molecule has 0 atom stereocenters. The van der Waals surface area contributed by atoms with E-state index in [1.807, 2.05) is 0 Å². The van der Waals surface area contributed by atoms with Crippen molar-refractivity contribution < 1.29 is 23.9 Å². The van der Waals surface area contributed by atoms with Gasteiger partial charge in [0.1, 0.15) is 15.6 Å². The Bertz CT molecular complexity index is 805. The predicted molar refractivity (Wildman–Crippen MR) is 86.4 cm³/mol. The summed E-state index contributed by atoms with van der Waals surface area (Å²) < 4.78 is 10.4. The number of urea groups is 1. The molecular weight excluding hydrogens is 367 g/mol. The van der Waals surface area contributed by atoms with Crippen LogP contribution in [0.3, 0.4) is 0 Å². The molecule has 3 amide bonds. The van der Waals surface area contributed by atoms with Gasteiger partial charge in [-0.3, -0.25) is 10.1 Å². The number of nitrogens with two attached hydrogens (primary N) is 1. The maximum Gasteiger partial charge on any atom is 0.350 e. The summed E-state index contributed by atoms with van der Waals surface area (Å²) >= 11 is 13.3. The topological polar surface area (TPSA) is 108 Å². The second-order valence-corrected chi connectivity index (χ2v) is 5.97. The zero-order chi connectivity index (χ0) is 17.1. The SMILES string of the molecule is COc1ccc2c(Cl)c(C(=O)OCC(=O)NC(N)=O)sc2c1Cl. The molecule has 3 N–H and O–H groups in total. The summed E-state index contributed by atoms with van der Waals surface area (Å²) in [6, 6.07) is 2.25. The monoisotopic (exact) mass is 376 g/mol. The van der Waals surface area contributed by atoms with Gasteiger partial charge in [0.2, 0.25) is 0 Å². The van der Waals surface area contributed by atoms with Crippen molar-refractivity contribution in [2.24, 2.45) is 5.73 Å². The van der Waals surface area contributed by atoms with E-state index in [0.29, 0.717) is 20.9 Å². The van der Waals surface area contributed by atoms with Gasteiger partial charge in [0.25, 0.3) is 5.91 Å². The molecule has 0 radical (unpaired) electrons. The van der Waals surface area contributed by atoms with E-state index in [-0.39, 0.29) is 9.90 Å². The molecule has 2 aromatic rings. The summed E-state index contributed by atoms with van der Waals surface area (Å²) in [6.07, 6.45) is 0. The Hall–Kier alpha value is -2.03. The first-order valence-electron chi connectivity index (χ1n) is 6.06. The van der Waals surface area contributed by atoms with Crippen molar-refractivity contribution in [3.63, 3.8) is 0 Å². The van der Waals surface area contributed by atoms with E-state index in [1.165, 1.54) is 7.11 Å². The number of amides is 3. The number of primary amides is 1. The predicted octanol–water partition coefficient (Wildman–Crippen LogP) is 2.57. The van der Waals surface area contributed by atoms with Crippen LogP contribution in [0, 0.1) is 0 Å². The number of ether oxygens (including phenoxy) is 2. The van der Waals surface area contributed by atoms with E-state index in [1.54, 1.807) is 17.4 Å². The lowest BCUT2D eigenvalue weighted by molar-refractivity contribution is -0.123. The van der Waals surface area contributed by atoms with Gasteiger partial charge < -0.3 is 15.2 Å². The number of benzene rings is 1. The zero-order valence-electron chi connectivity index (χ0n) is 11.6. The maximum absolute atomic E-state index is 12.0. The fourth-order valence-corrected chi connectivity index (χ4v) is 3.52. The number of halogens is 2. The van der Waals surface area contributed by atoms with E-state index in [4.69, 9.17) is 38.4 Å². The Morgan fingerprint density at radius 1 is 1.26 bits per heavy atom. The molecule has 0 saturated heterocycles. The molecule has 0 saturated carbocycles. The lowest BCUT2D eigenvalue weighted by Gasteiger charge is -2.02. The highest BCUT2D eigenvalue weighted by Crippen LogP contribution is 2.43. The second-order valence-electron chi connectivity index (χ2n) is 4.19. The molecular formula is C13H10Cl2N2O5S. The van der Waals surface area contributed by atoms with Crippen molar-refractivity contribution in [3.05, 3.63) is 27.1 Å². The lowest BCUT2D eigenvalue weighted by atomic mass is 10.2. The average molecular weight is 377 g/mol. The molecule has 0 aliphatic carbocycles. The fraction of sp³-hybridized carbons (Fsp3) is 0.154. The molecule has 0 fully saturated rings. The standard InChI is InChI=1S/C13H10Cl2N2O5S/c1-21-6-3-2-5-8(14)11(23-10(5)9(6)15)12(19)22-4-7(18)17-13(16)20/h2-3H,4H2,1H3,(H3,16,17,18,20). The van der Waals surface area contributed by atoms with Gasteiger partial charge >= 0.3 is 12.0 Å². The number of nitrogens with one attached hydrogen (secondary N) is 1. The van der Waals surface area contributed by atoms with Gasteiger partial charge in [0, 0.05) is 5.39 Å². The molecule has 7 nitrogen and oxygen atoms in total. The zero-order valence-corrected chi connectivity index (χ0v) is 14.0. The van der Waals surface area contributed by atoms with Crippen LogP contribution >= 0.6 is 34.5 Å².